The molecule has 1 aromatic carbocycles. The van der Waals surface area contributed by atoms with Crippen molar-refractivity contribution in [1.29, 1.82) is 0 Å². The second-order valence-corrected chi connectivity index (χ2v) is 6.40. The third-order valence-corrected chi connectivity index (χ3v) is 4.17. The number of nitrogens with zero attached hydrogens (tertiary/aromatic N) is 3. The lowest BCUT2D eigenvalue weighted by Crippen LogP contribution is -2.23. The maximum absolute atomic E-state index is 12.5. The summed E-state index contributed by atoms with van der Waals surface area (Å²) < 4.78 is 5.95. The van der Waals surface area contributed by atoms with Crippen LogP contribution in [0.3, 0.4) is 0 Å². The first-order chi connectivity index (χ1) is 12.0. The van der Waals surface area contributed by atoms with Crippen LogP contribution in [-0.4, -0.2) is 31.9 Å². The van der Waals surface area contributed by atoms with Crippen LogP contribution in [0.15, 0.2) is 36.5 Å². The number of hydrogen-bond acceptors (Lipinski definition) is 5. The normalized spacial score (nSPS) is 11.6. The van der Waals surface area contributed by atoms with Gasteiger partial charge in [0.2, 0.25) is 5.65 Å². The molecule has 3 rings (SSSR count). The molecule has 7 nitrogen and oxygen atoms in total. The number of ether oxygens (including phenoxy) is 1. The van der Waals surface area contributed by atoms with Crippen LogP contribution in [0.2, 0.25) is 0 Å². The van der Waals surface area contributed by atoms with Crippen molar-refractivity contribution < 1.29 is 9.53 Å². The van der Waals surface area contributed by atoms with Crippen molar-refractivity contribution in [3.63, 3.8) is 0 Å². The number of pyridine rings is 1. The summed E-state index contributed by atoms with van der Waals surface area (Å²) in [5, 5.41) is 13.2. The number of hydrogen-bond donors (Lipinski definition) is 2. The topological polar surface area (TPSA) is 92.8 Å². The Labute approximate surface area is 145 Å². The van der Waals surface area contributed by atoms with Crippen LogP contribution >= 0.6 is 0 Å². The van der Waals surface area contributed by atoms with Crippen molar-refractivity contribution in [2.45, 2.75) is 39.4 Å². The lowest BCUT2D eigenvalue weighted by atomic mass is 10.1. The van der Waals surface area contributed by atoms with Crippen molar-refractivity contribution in [1.82, 2.24) is 20.4 Å². The Hall–Kier alpha value is -2.80. The standard InChI is InChI=1S/C18H21N5O2/c1-4-18(2,3)25-11-12-7-5-6-8-14(12)20-17(24)13-9-15-16(19-10-13)22-23-21-15/h5-10H,4,11H2,1-3H3,(H,20,24)(H,19,21,22,23). The van der Waals surface area contributed by atoms with Crippen molar-refractivity contribution >= 4 is 22.8 Å². The minimum absolute atomic E-state index is 0.209. The van der Waals surface area contributed by atoms with Gasteiger partial charge in [-0.3, -0.25) is 4.79 Å². The van der Waals surface area contributed by atoms with Crippen LogP contribution in [0.5, 0.6) is 0 Å². The number of amides is 1. The zero-order valence-corrected chi connectivity index (χ0v) is 14.5. The van der Waals surface area contributed by atoms with Crippen molar-refractivity contribution in [3.8, 4) is 0 Å². The van der Waals surface area contributed by atoms with Gasteiger partial charge in [-0.1, -0.05) is 25.1 Å². The van der Waals surface area contributed by atoms with Crippen LogP contribution in [0.1, 0.15) is 43.1 Å². The number of H-pyrrole nitrogens is 1. The number of carbonyl (C=O) groups excluding carboxylic acids is 1. The number of fused-ring (bicyclic) bond motifs is 1. The summed E-state index contributed by atoms with van der Waals surface area (Å²) in [5.74, 6) is -0.250. The third kappa shape index (κ3) is 4.00. The monoisotopic (exact) mass is 339 g/mol. The molecule has 0 aliphatic heterocycles. The van der Waals surface area contributed by atoms with Gasteiger partial charge in [-0.15, -0.1) is 5.10 Å². The maximum atomic E-state index is 12.5. The number of nitrogens with one attached hydrogen (secondary N) is 2. The van der Waals surface area contributed by atoms with Gasteiger partial charge in [-0.25, -0.2) is 4.98 Å². The van der Waals surface area contributed by atoms with E-state index in [9.17, 15) is 4.79 Å². The minimum Gasteiger partial charge on any atom is -0.371 e. The average molecular weight is 339 g/mol. The molecule has 0 aliphatic carbocycles. The highest BCUT2D eigenvalue weighted by Crippen LogP contribution is 2.22. The Bertz CT molecular complexity index is 888. The zero-order valence-electron chi connectivity index (χ0n) is 14.5. The van der Waals surface area contributed by atoms with Gasteiger partial charge in [0.1, 0.15) is 5.52 Å². The number of rotatable bonds is 6. The van der Waals surface area contributed by atoms with Gasteiger partial charge in [0, 0.05) is 17.4 Å². The van der Waals surface area contributed by atoms with Gasteiger partial charge >= 0.3 is 0 Å². The Balaban J connectivity index is 1.76. The molecule has 0 saturated heterocycles. The van der Waals surface area contributed by atoms with Crippen LogP contribution in [0, 0.1) is 0 Å². The molecular weight excluding hydrogens is 318 g/mol. The van der Waals surface area contributed by atoms with Gasteiger partial charge in [0.15, 0.2) is 0 Å². The summed E-state index contributed by atoms with van der Waals surface area (Å²) in [5.41, 5.74) is 2.89. The van der Waals surface area contributed by atoms with E-state index in [4.69, 9.17) is 4.74 Å². The molecule has 130 valence electrons. The Kier molecular flexibility index (Phi) is 4.76. The molecule has 0 aliphatic rings. The smallest absolute Gasteiger partial charge is 0.257 e. The molecule has 0 spiro atoms. The average Bonchev–Trinajstić information content (AvgIpc) is 3.08. The van der Waals surface area contributed by atoms with E-state index in [1.165, 1.54) is 6.20 Å². The molecule has 2 heterocycles. The lowest BCUT2D eigenvalue weighted by Gasteiger charge is -2.24. The number of anilines is 1. The van der Waals surface area contributed by atoms with Crippen molar-refractivity contribution in [2.24, 2.45) is 0 Å². The lowest BCUT2D eigenvalue weighted by molar-refractivity contribution is -0.0313. The first-order valence-corrected chi connectivity index (χ1v) is 8.18. The fourth-order valence-electron chi connectivity index (χ4n) is 2.20. The Morgan fingerprint density at radius 2 is 2.08 bits per heavy atom. The van der Waals surface area contributed by atoms with E-state index < -0.39 is 0 Å². The van der Waals surface area contributed by atoms with Gasteiger partial charge < -0.3 is 10.1 Å². The summed E-state index contributed by atoms with van der Waals surface area (Å²) in [4.78, 5) is 16.7. The Morgan fingerprint density at radius 1 is 1.28 bits per heavy atom. The second kappa shape index (κ2) is 6.98. The van der Waals surface area contributed by atoms with E-state index in [1.807, 2.05) is 38.1 Å². The summed E-state index contributed by atoms with van der Waals surface area (Å²) in [7, 11) is 0. The first kappa shape index (κ1) is 17.0. The molecule has 1 amide bonds. The van der Waals surface area contributed by atoms with Gasteiger partial charge in [-0.05, 0) is 32.4 Å². The van der Waals surface area contributed by atoms with Gasteiger partial charge in [-0.2, -0.15) is 10.3 Å². The van der Waals surface area contributed by atoms with Gasteiger partial charge in [0.05, 0.1) is 17.8 Å². The number of aromatic amines is 1. The van der Waals surface area contributed by atoms with Crippen molar-refractivity contribution in [2.75, 3.05) is 5.32 Å². The highest BCUT2D eigenvalue weighted by Gasteiger charge is 2.17. The van der Waals surface area contributed by atoms with E-state index in [2.05, 4.69) is 32.6 Å². The molecule has 0 saturated carbocycles. The highest BCUT2D eigenvalue weighted by molar-refractivity contribution is 6.05. The predicted molar refractivity (Wildman–Crippen MR) is 95.2 cm³/mol. The largest absolute Gasteiger partial charge is 0.371 e. The van der Waals surface area contributed by atoms with Crippen LogP contribution < -0.4 is 5.32 Å². The fraction of sp³-hybridized carbons (Fsp3) is 0.333. The molecule has 7 heteroatoms. The second-order valence-electron chi connectivity index (χ2n) is 6.40. The molecule has 2 N–H and O–H groups in total. The highest BCUT2D eigenvalue weighted by atomic mass is 16.5. The van der Waals surface area contributed by atoms with E-state index in [0.717, 1.165) is 17.7 Å². The molecule has 0 bridgehead atoms. The molecule has 0 radical (unpaired) electrons. The molecule has 0 fully saturated rings. The quantitative estimate of drug-likeness (QED) is 0.719. The zero-order chi connectivity index (χ0) is 17.9. The van der Waals surface area contributed by atoms with Crippen LogP contribution in [0.25, 0.3) is 11.2 Å². The van der Waals surface area contributed by atoms with Gasteiger partial charge in [0.25, 0.3) is 5.91 Å². The van der Waals surface area contributed by atoms with E-state index in [-0.39, 0.29) is 11.5 Å². The van der Waals surface area contributed by atoms with Crippen molar-refractivity contribution in [3.05, 3.63) is 47.7 Å². The molecule has 0 atom stereocenters. The summed E-state index contributed by atoms with van der Waals surface area (Å²) in [6, 6.07) is 9.26. The van der Waals surface area contributed by atoms with E-state index >= 15 is 0 Å². The molecular formula is C18H21N5O2. The first-order valence-electron chi connectivity index (χ1n) is 8.18. The SMILES string of the molecule is CCC(C)(C)OCc1ccccc1NC(=O)c1cnc2n[nH]nc2c1. The number of para-hydroxylation sites is 1. The summed E-state index contributed by atoms with van der Waals surface area (Å²) >= 11 is 0. The number of carbonyl (C=O) groups is 1. The molecule has 0 unspecified atom stereocenters. The predicted octanol–water partition coefficient (Wildman–Crippen LogP) is 3.31. The van der Waals surface area contributed by atoms with Crippen LogP contribution in [-0.2, 0) is 11.3 Å². The number of aromatic nitrogens is 4. The molecule has 2 aromatic heterocycles. The van der Waals surface area contributed by atoms with E-state index in [0.29, 0.717) is 23.3 Å². The fourth-order valence-corrected chi connectivity index (χ4v) is 2.20. The molecule has 3 aromatic rings. The number of benzene rings is 1. The van der Waals surface area contributed by atoms with Crippen LogP contribution in [0.4, 0.5) is 5.69 Å². The minimum atomic E-state index is -0.250. The Morgan fingerprint density at radius 3 is 2.88 bits per heavy atom. The molecule has 25 heavy (non-hydrogen) atoms. The summed E-state index contributed by atoms with van der Waals surface area (Å²) in [6.07, 6.45) is 2.39. The third-order valence-electron chi connectivity index (χ3n) is 4.17. The maximum Gasteiger partial charge on any atom is 0.257 e. The summed E-state index contributed by atoms with van der Waals surface area (Å²) in [6.45, 7) is 6.61. The van der Waals surface area contributed by atoms with E-state index in [1.54, 1.807) is 6.07 Å².